The molecule has 0 saturated carbocycles. The van der Waals surface area contributed by atoms with E-state index in [-0.39, 0.29) is 16.3 Å². The molecular formula is C13H15BrClN3O2S. The SMILES string of the molecule is CCc1nn(C)c(CS(=O)(=O)c2ccc(Cl)cc2N)c1Br. The highest BCUT2D eigenvalue weighted by Gasteiger charge is 2.23. The smallest absolute Gasteiger partial charge is 0.186 e. The molecular weight excluding hydrogens is 378 g/mol. The number of nitrogens with zero attached hydrogens (tertiary/aromatic N) is 2. The first-order valence-electron chi connectivity index (χ1n) is 6.24. The first kappa shape index (κ1) is 16.3. The number of halogens is 2. The van der Waals surface area contributed by atoms with Crippen molar-refractivity contribution in [3.8, 4) is 0 Å². The summed E-state index contributed by atoms with van der Waals surface area (Å²) in [7, 11) is -1.85. The van der Waals surface area contributed by atoms with Crippen LogP contribution >= 0.6 is 27.5 Å². The normalized spacial score (nSPS) is 11.8. The van der Waals surface area contributed by atoms with Gasteiger partial charge in [0.05, 0.1) is 32.2 Å². The maximum absolute atomic E-state index is 12.6. The van der Waals surface area contributed by atoms with Gasteiger partial charge in [0.1, 0.15) is 0 Å². The van der Waals surface area contributed by atoms with Gasteiger partial charge in [0, 0.05) is 12.1 Å². The van der Waals surface area contributed by atoms with Crippen LogP contribution in [0.25, 0.3) is 0 Å². The molecule has 0 atom stereocenters. The van der Waals surface area contributed by atoms with Crippen LogP contribution in [0.1, 0.15) is 18.3 Å². The maximum atomic E-state index is 12.6. The fourth-order valence-electron chi connectivity index (χ4n) is 2.04. The monoisotopic (exact) mass is 391 g/mol. The molecule has 5 nitrogen and oxygen atoms in total. The quantitative estimate of drug-likeness (QED) is 0.811. The average Bonchev–Trinajstić information content (AvgIpc) is 2.65. The minimum Gasteiger partial charge on any atom is -0.398 e. The molecule has 114 valence electrons. The van der Waals surface area contributed by atoms with Gasteiger partial charge < -0.3 is 5.73 Å². The highest BCUT2D eigenvalue weighted by Crippen LogP contribution is 2.29. The molecule has 2 aromatic rings. The van der Waals surface area contributed by atoms with Crippen LogP contribution in [0.4, 0.5) is 5.69 Å². The predicted molar refractivity (Wildman–Crippen MR) is 87.0 cm³/mol. The van der Waals surface area contributed by atoms with Gasteiger partial charge in [0.2, 0.25) is 0 Å². The van der Waals surface area contributed by atoms with Crippen molar-refractivity contribution in [1.29, 1.82) is 0 Å². The van der Waals surface area contributed by atoms with E-state index >= 15 is 0 Å². The first-order chi connectivity index (χ1) is 9.76. The number of hydrogen-bond donors (Lipinski definition) is 1. The number of aromatic nitrogens is 2. The number of nitrogens with two attached hydrogens (primary N) is 1. The average molecular weight is 393 g/mol. The van der Waals surface area contributed by atoms with Gasteiger partial charge in [-0.1, -0.05) is 18.5 Å². The number of aryl methyl sites for hydroxylation is 2. The third-order valence-electron chi connectivity index (χ3n) is 3.14. The fourth-order valence-corrected chi connectivity index (χ4v) is 4.70. The van der Waals surface area contributed by atoms with Crippen LogP contribution in [-0.4, -0.2) is 18.2 Å². The minimum atomic E-state index is -3.58. The van der Waals surface area contributed by atoms with Crippen molar-refractivity contribution in [1.82, 2.24) is 9.78 Å². The van der Waals surface area contributed by atoms with E-state index in [9.17, 15) is 8.42 Å². The summed E-state index contributed by atoms with van der Waals surface area (Å²) in [5.41, 5.74) is 7.34. The molecule has 1 aromatic heterocycles. The van der Waals surface area contributed by atoms with E-state index in [1.54, 1.807) is 11.7 Å². The molecule has 0 aliphatic heterocycles. The molecule has 1 aromatic carbocycles. The van der Waals surface area contributed by atoms with E-state index < -0.39 is 9.84 Å². The van der Waals surface area contributed by atoms with Gasteiger partial charge in [-0.15, -0.1) is 0 Å². The predicted octanol–water partition coefficient (Wildman–Crippen LogP) is 2.95. The minimum absolute atomic E-state index is 0.0815. The molecule has 0 spiro atoms. The highest BCUT2D eigenvalue weighted by atomic mass is 79.9. The van der Waals surface area contributed by atoms with E-state index in [0.29, 0.717) is 10.7 Å². The Morgan fingerprint density at radius 2 is 2.10 bits per heavy atom. The Labute approximate surface area is 137 Å². The lowest BCUT2D eigenvalue weighted by atomic mass is 10.3. The van der Waals surface area contributed by atoms with Gasteiger partial charge >= 0.3 is 0 Å². The molecule has 0 fully saturated rings. The number of nitrogen functional groups attached to an aromatic ring is 1. The van der Waals surface area contributed by atoms with E-state index in [1.165, 1.54) is 18.2 Å². The summed E-state index contributed by atoms with van der Waals surface area (Å²) in [5.74, 6) is -0.178. The Morgan fingerprint density at radius 1 is 1.43 bits per heavy atom. The zero-order valence-corrected chi connectivity index (χ0v) is 14.8. The lowest BCUT2D eigenvalue weighted by molar-refractivity contribution is 0.592. The summed E-state index contributed by atoms with van der Waals surface area (Å²) in [6.07, 6.45) is 0.720. The second kappa shape index (κ2) is 5.98. The van der Waals surface area contributed by atoms with Crippen LogP contribution in [0.15, 0.2) is 27.6 Å². The van der Waals surface area contributed by atoms with Crippen molar-refractivity contribution in [2.75, 3.05) is 5.73 Å². The van der Waals surface area contributed by atoms with Crippen molar-refractivity contribution in [2.24, 2.45) is 7.05 Å². The van der Waals surface area contributed by atoms with E-state index in [4.69, 9.17) is 17.3 Å². The number of hydrogen-bond acceptors (Lipinski definition) is 4. The lowest BCUT2D eigenvalue weighted by Gasteiger charge is -2.08. The van der Waals surface area contributed by atoms with Crippen molar-refractivity contribution in [3.63, 3.8) is 0 Å². The molecule has 1 heterocycles. The number of rotatable bonds is 4. The van der Waals surface area contributed by atoms with Crippen LogP contribution in [0.2, 0.25) is 5.02 Å². The van der Waals surface area contributed by atoms with Gasteiger partial charge in [0.15, 0.2) is 9.84 Å². The largest absolute Gasteiger partial charge is 0.398 e. The van der Waals surface area contributed by atoms with Crippen molar-refractivity contribution < 1.29 is 8.42 Å². The molecule has 2 N–H and O–H groups in total. The molecule has 8 heteroatoms. The van der Waals surface area contributed by atoms with Crippen molar-refractivity contribution >= 4 is 43.1 Å². The Bertz CT molecular complexity index is 787. The van der Waals surface area contributed by atoms with Crippen molar-refractivity contribution in [3.05, 3.63) is 39.1 Å². The highest BCUT2D eigenvalue weighted by molar-refractivity contribution is 9.10. The number of benzene rings is 1. The Morgan fingerprint density at radius 3 is 2.62 bits per heavy atom. The fraction of sp³-hybridized carbons (Fsp3) is 0.308. The second-order valence-corrected chi connectivity index (χ2v) is 7.81. The van der Waals surface area contributed by atoms with E-state index in [2.05, 4.69) is 21.0 Å². The molecule has 0 bridgehead atoms. The van der Waals surface area contributed by atoms with Crippen LogP contribution in [0, 0.1) is 0 Å². The number of sulfone groups is 1. The van der Waals surface area contributed by atoms with Gasteiger partial charge in [-0.05, 0) is 40.5 Å². The molecule has 0 aliphatic rings. The van der Waals surface area contributed by atoms with E-state index in [0.717, 1.165) is 16.6 Å². The van der Waals surface area contributed by atoms with Crippen molar-refractivity contribution in [2.45, 2.75) is 24.0 Å². The molecule has 0 saturated heterocycles. The van der Waals surface area contributed by atoms with E-state index in [1.807, 2.05) is 6.92 Å². The molecule has 0 amide bonds. The summed E-state index contributed by atoms with van der Waals surface area (Å²) in [6.45, 7) is 1.96. The Hall–Kier alpha value is -1.05. The van der Waals surface area contributed by atoms with Gasteiger partial charge in [-0.2, -0.15) is 5.10 Å². The molecule has 0 aliphatic carbocycles. The van der Waals surface area contributed by atoms with Gasteiger partial charge in [-0.3, -0.25) is 4.68 Å². The van der Waals surface area contributed by atoms with Crippen LogP contribution in [0.5, 0.6) is 0 Å². The van der Waals surface area contributed by atoms with Gasteiger partial charge in [0.25, 0.3) is 0 Å². The number of anilines is 1. The van der Waals surface area contributed by atoms with Crippen LogP contribution < -0.4 is 5.73 Å². The zero-order valence-electron chi connectivity index (χ0n) is 11.6. The van der Waals surface area contributed by atoms with Crippen LogP contribution in [-0.2, 0) is 29.1 Å². The van der Waals surface area contributed by atoms with Crippen LogP contribution in [0.3, 0.4) is 0 Å². The summed E-state index contributed by atoms with van der Waals surface area (Å²) in [5, 5.41) is 4.70. The first-order valence-corrected chi connectivity index (χ1v) is 9.06. The lowest BCUT2D eigenvalue weighted by Crippen LogP contribution is -2.11. The Balaban J connectivity index is 2.45. The third kappa shape index (κ3) is 3.25. The summed E-state index contributed by atoms with van der Waals surface area (Å²) < 4.78 is 27.4. The Kier molecular flexibility index (Phi) is 4.65. The molecule has 2 rings (SSSR count). The summed E-state index contributed by atoms with van der Waals surface area (Å²) >= 11 is 9.22. The third-order valence-corrected chi connectivity index (χ3v) is 5.98. The van der Waals surface area contributed by atoms with Gasteiger partial charge in [-0.25, -0.2) is 8.42 Å². The summed E-state index contributed by atoms with van der Waals surface area (Å²) in [6, 6.07) is 4.38. The summed E-state index contributed by atoms with van der Waals surface area (Å²) in [4.78, 5) is 0.0815. The standard InChI is InChI=1S/C13H15BrClN3O2S/c1-3-10-13(14)11(18(2)17-10)7-21(19,20)12-5-4-8(15)6-9(12)16/h4-6H,3,7,16H2,1-2H3. The molecule has 21 heavy (non-hydrogen) atoms. The topological polar surface area (TPSA) is 78.0 Å². The zero-order chi connectivity index (χ0) is 15.8. The second-order valence-electron chi connectivity index (χ2n) is 4.63. The molecule has 0 unspecified atom stereocenters. The maximum Gasteiger partial charge on any atom is 0.186 e. The molecule has 0 radical (unpaired) electrons.